The van der Waals surface area contributed by atoms with Crippen molar-refractivity contribution < 1.29 is 20.1 Å². The Balaban J connectivity index is 2.06. The van der Waals surface area contributed by atoms with E-state index in [1.165, 1.54) is 17.2 Å². The average Bonchev–Trinajstić information content (AvgIpc) is 3.01. The van der Waals surface area contributed by atoms with Gasteiger partial charge in [0.2, 0.25) is 0 Å². The Morgan fingerprint density at radius 2 is 2.10 bits per heavy atom. The summed E-state index contributed by atoms with van der Waals surface area (Å²) in [6, 6.07) is 0. The van der Waals surface area contributed by atoms with E-state index in [1.54, 1.807) is 0 Å². The SMILES string of the molecule is NC(=S)c1ncnc2c1ncn2[C@@H]1O[C@H](CO)[C@@H](O)[C@H]1O. The lowest BCUT2D eigenvalue weighted by Crippen LogP contribution is -2.33. The molecule has 1 saturated heterocycles. The van der Waals surface area contributed by atoms with Crippen LogP contribution in [0.2, 0.25) is 0 Å². The molecule has 1 aliphatic rings. The summed E-state index contributed by atoms with van der Waals surface area (Å²) in [7, 11) is 0. The molecule has 0 radical (unpaired) electrons. The zero-order valence-corrected chi connectivity index (χ0v) is 11.5. The smallest absolute Gasteiger partial charge is 0.166 e. The Hall–Kier alpha value is -1.72. The van der Waals surface area contributed by atoms with Crippen molar-refractivity contribution in [3.05, 3.63) is 18.3 Å². The van der Waals surface area contributed by atoms with Crippen LogP contribution in [0.3, 0.4) is 0 Å². The minimum Gasteiger partial charge on any atom is -0.394 e. The van der Waals surface area contributed by atoms with Gasteiger partial charge in [0.15, 0.2) is 11.9 Å². The van der Waals surface area contributed by atoms with Crippen molar-refractivity contribution in [3.63, 3.8) is 0 Å². The van der Waals surface area contributed by atoms with Crippen molar-refractivity contribution in [3.8, 4) is 0 Å². The van der Waals surface area contributed by atoms with Crippen molar-refractivity contribution in [2.75, 3.05) is 6.61 Å². The fourth-order valence-electron chi connectivity index (χ4n) is 2.33. The number of aromatic nitrogens is 4. The highest BCUT2D eigenvalue weighted by Crippen LogP contribution is 2.31. The van der Waals surface area contributed by atoms with Crippen LogP contribution in [0, 0.1) is 0 Å². The number of imidazole rings is 1. The van der Waals surface area contributed by atoms with E-state index in [1.807, 2.05) is 0 Å². The van der Waals surface area contributed by atoms with Gasteiger partial charge in [-0.15, -0.1) is 0 Å². The van der Waals surface area contributed by atoms with Crippen molar-refractivity contribution in [2.45, 2.75) is 24.5 Å². The molecule has 0 spiro atoms. The summed E-state index contributed by atoms with van der Waals surface area (Å²) < 4.78 is 6.88. The molecule has 0 unspecified atom stereocenters. The maximum atomic E-state index is 10.0. The number of aliphatic hydroxyl groups is 3. The molecule has 21 heavy (non-hydrogen) atoms. The predicted molar refractivity (Wildman–Crippen MR) is 74.2 cm³/mol. The van der Waals surface area contributed by atoms with Crippen LogP contribution in [0.4, 0.5) is 0 Å². The van der Waals surface area contributed by atoms with Gasteiger partial charge in [-0.2, -0.15) is 0 Å². The van der Waals surface area contributed by atoms with Crippen molar-refractivity contribution in [1.29, 1.82) is 0 Å². The van der Waals surface area contributed by atoms with Gasteiger partial charge < -0.3 is 25.8 Å². The number of nitrogens with two attached hydrogens (primary N) is 1. The molecule has 1 aliphatic heterocycles. The first-order valence-corrected chi connectivity index (χ1v) is 6.55. The molecule has 112 valence electrons. The lowest BCUT2D eigenvalue weighted by atomic mass is 10.1. The second-order valence-corrected chi connectivity index (χ2v) is 5.08. The van der Waals surface area contributed by atoms with Gasteiger partial charge in [0.1, 0.15) is 40.8 Å². The number of ether oxygens (including phenoxy) is 1. The highest BCUT2D eigenvalue weighted by Gasteiger charge is 2.44. The van der Waals surface area contributed by atoms with E-state index >= 15 is 0 Å². The quantitative estimate of drug-likeness (QED) is 0.477. The number of nitrogens with zero attached hydrogens (tertiary/aromatic N) is 4. The molecule has 0 amide bonds. The molecule has 10 heteroatoms. The minimum atomic E-state index is -1.22. The van der Waals surface area contributed by atoms with Crippen LogP contribution in [-0.2, 0) is 4.74 Å². The lowest BCUT2D eigenvalue weighted by Gasteiger charge is -2.16. The van der Waals surface area contributed by atoms with Gasteiger partial charge in [-0.3, -0.25) is 4.57 Å². The molecule has 1 fully saturated rings. The number of fused-ring (bicyclic) bond motifs is 1. The summed E-state index contributed by atoms with van der Waals surface area (Å²) in [5, 5.41) is 29.0. The van der Waals surface area contributed by atoms with Gasteiger partial charge in [-0.05, 0) is 0 Å². The monoisotopic (exact) mass is 311 g/mol. The number of hydrogen-bond acceptors (Lipinski definition) is 8. The van der Waals surface area contributed by atoms with E-state index < -0.39 is 31.1 Å². The second-order valence-electron chi connectivity index (χ2n) is 4.64. The number of hydrogen-bond donors (Lipinski definition) is 4. The molecule has 2 aromatic heterocycles. The van der Waals surface area contributed by atoms with Crippen LogP contribution in [0.1, 0.15) is 11.9 Å². The van der Waals surface area contributed by atoms with Gasteiger partial charge in [0.05, 0.1) is 12.9 Å². The van der Waals surface area contributed by atoms with E-state index in [2.05, 4.69) is 15.0 Å². The van der Waals surface area contributed by atoms with Gasteiger partial charge in [0, 0.05) is 0 Å². The highest BCUT2D eigenvalue weighted by molar-refractivity contribution is 7.80. The van der Waals surface area contributed by atoms with Crippen molar-refractivity contribution in [1.82, 2.24) is 19.5 Å². The molecular weight excluding hydrogens is 298 g/mol. The van der Waals surface area contributed by atoms with E-state index in [0.717, 1.165) is 0 Å². The first-order valence-electron chi connectivity index (χ1n) is 6.14. The molecule has 3 rings (SSSR count). The summed E-state index contributed by atoms with van der Waals surface area (Å²) in [6.07, 6.45) is -1.55. The third-order valence-corrected chi connectivity index (χ3v) is 3.58. The van der Waals surface area contributed by atoms with Gasteiger partial charge in [-0.1, -0.05) is 12.2 Å². The normalized spacial score (nSPS) is 29.1. The third-order valence-electron chi connectivity index (χ3n) is 3.38. The second kappa shape index (κ2) is 5.24. The predicted octanol–water partition coefficient (Wildman–Crippen LogP) is -1.93. The van der Waals surface area contributed by atoms with Crippen LogP contribution in [-0.4, -0.2) is 64.7 Å². The van der Waals surface area contributed by atoms with Crippen molar-refractivity contribution in [2.24, 2.45) is 5.73 Å². The molecule has 5 N–H and O–H groups in total. The molecule has 0 aromatic carbocycles. The van der Waals surface area contributed by atoms with Crippen molar-refractivity contribution >= 4 is 28.4 Å². The van der Waals surface area contributed by atoms with E-state index in [4.69, 9.17) is 27.8 Å². The topological polar surface area (TPSA) is 140 Å². The van der Waals surface area contributed by atoms with Crippen LogP contribution in [0.15, 0.2) is 12.7 Å². The first-order chi connectivity index (χ1) is 10.0. The molecule has 2 aromatic rings. The molecule has 9 nitrogen and oxygen atoms in total. The van der Waals surface area contributed by atoms with E-state index in [0.29, 0.717) is 16.9 Å². The van der Waals surface area contributed by atoms with Gasteiger partial charge >= 0.3 is 0 Å². The zero-order chi connectivity index (χ0) is 15.1. The maximum Gasteiger partial charge on any atom is 0.166 e. The Labute approximate surface area is 124 Å². The van der Waals surface area contributed by atoms with E-state index in [-0.39, 0.29) is 4.99 Å². The third kappa shape index (κ3) is 2.17. The molecule has 4 atom stereocenters. The zero-order valence-electron chi connectivity index (χ0n) is 10.7. The standard InChI is InChI=1S/C11H13N5O4S/c12-9(21)5-6-10(14-2-13-5)16(3-15-6)11-8(19)7(18)4(1-17)20-11/h2-4,7-8,11,17-19H,1H2,(H2,12,21)/t4-,7-,8-,11-/m1/s1. The molecule has 0 bridgehead atoms. The lowest BCUT2D eigenvalue weighted by molar-refractivity contribution is -0.0511. The first kappa shape index (κ1) is 14.2. The molecule has 0 saturated carbocycles. The van der Waals surface area contributed by atoms with Gasteiger partial charge in [0.25, 0.3) is 0 Å². The Bertz CT molecular complexity index is 692. The fourth-order valence-corrected chi connectivity index (χ4v) is 2.48. The maximum absolute atomic E-state index is 10.0. The average molecular weight is 311 g/mol. The number of rotatable bonds is 3. The fraction of sp³-hybridized carbons (Fsp3) is 0.455. The summed E-state index contributed by atoms with van der Waals surface area (Å²) in [5.74, 6) is 0. The van der Waals surface area contributed by atoms with Crippen LogP contribution >= 0.6 is 12.2 Å². The summed E-state index contributed by atoms with van der Waals surface area (Å²) in [4.78, 5) is 12.3. The van der Waals surface area contributed by atoms with Crippen LogP contribution < -0.4 is 5.73 Å². The summed E-state index contributed by atoms with van der Waals surface area (Å²) in [6.45, 7) is -0.408. The summed E-state index contributed by atoms with van der Waals surface area (Å²) >= 11 is 4.90. The Morgan fingerprint density at radius 1 is 1.33 bits per heavy atom. The van der Waals surface area contributed by atoms with Crippen LogP contribution in [0.25, 0.3) is 11.2 Å². The van der Waals surface area contributed by atoms with Crippen LogP contribution in [0.5, 0.6) is 0 Å². The number of aliphatic hydroxyl groups excluding tert-OH is 3. The molecule has 3 heterocycles. The van der Waals surface area contributed by atoms with E-state index in [9.17, 15) is 10.2 Å². The van der Waals surface area contributed by atoms with Gasteiger partial charge in [-0.25, -0.2) is 15.0 Å². The molecule has 0 aliphatic carbocycles. The summed E-state index contributed by atoms with van der Waals surface area (Å²) in [5.41, 5.74) is 6.63. The highest BCUT2D eigenvalue weighted by atomic mass is 32.1. The minimum absolute atomic E-state index is 0.0776. The Morgan fingerprint density at radius 3 is 2.71 bits per heavy atom. The Kier molecular flexibility index (Phi) is 3.55. The molecular formula is C11H13N5O4S. The number of thiocarbonyl (C=S) groups is 1. The largest absolute Gasteiger partial charge is 0.394 e.